The van der Waals surface area contributed by atoms with Gasteiger partial charge in [0.2, 0.25) is 0 Å². The van der Waals surface area contributed by atoms with Crippen LogP contribution in [0.25, 0.3) is 5.65 Å². The third kappa shape index (κ3) is 4.98. The largest absolute Gasteiger partial charge is 0.357 e. The molecule has 0 radical (unpaired) electrons. The van der Waals surface area contributed by atoms with Gasteiger partial charge in [-0.25, -0.2) is 0 Å². The van der Waals surface area contributed by atoms with Crippen molar-refractivity contribution in [2.75, 3.05) is 20.1 Å². The fraction of sp³-hybridized carbons (Fsp3) is 0.350. The number of aromatic nitrogens is 3. The third-order valence-electron chi connectivity index (χ3n) is 4.27. The van der Waals surface area contributed by atoms with Gasteiger partial charge in [-0.15, -0.1) is 10.2 Å². The highest BCUT2D eigenvalue weighted by atomic mass is 35.5. The molecule has 0 amide bonds. The molecule has 142 valence electrons. The Morgan fingerprint density at radius 1 is 1.19 bits per heavy atom. The first-order valence-electron chi connectivity index (χ1n) is 9.20. The number of benzene rings is 1. The van der Waals surface area contributed by atoms with Crippen molar-refractivity contribution in [2.24, 2.45) is 4.99 Å². The number of hydrogen-bond donors (Lipinski definition) is 1. The Labute approximate surface area is 164 Å². The van der Waals surface area contributed by atoms with Gasteiger partial charge in [0.1, 0.15) is 5.82 Å². The minimum atomic E-state index is 0.709. The van der Waals surface area contributed by atoms with E-state index in [2.05, 4.69) is 27.3 Å². The lowest BCUT2D eigenvalue weighted by molar-refractivity contribution is 0.476. The Morgan fingerprint density at radius 2 is 2.00 bits per heavy atom. The van der Waals surface area contributed by atoms with Crippen LogP contribution in [0.4, 0.5) is 0 Å². The number of halogens is 1. The molecular weight excluding hydrogens is 360 g/mol. The zero-order valence-corrected chi connectivity index (χ0v) is 16.5. The summed E-state index contributed by atoms with van der Waals surface area (Å²) in [5, 5.41) is 12.6. The van der Waals surface area contributed by atoms with E-state index in [9.17, 15) is 0 Å². The van der Waals surface area contributed by atoms with Gasteiger partial charge in [0.25, 0.3) is 0 Å². The molecule has 0 aliphatic rings. The highest BCUT2D eigenvalue weighted by molar-refractivity contribution is 6.31. The van der Waals surface area contributed by atoms with Crippen LogP contribution in [0.2, 0.25) is 5.02 Å². The molecule has 1 aromatic carbocycles. The van der Waals surface area contributed by atoms with Crippen molar-refractivity contribution in [1.82, 2.24) is 24.8 Å². The van der Waals surface area contributed by atoms with Crippen molar-refractivity contribution in [2.45, 2.75) is 26.3 Å². The van der Waals surface area contributed by atoms with Crippen LogP contribution in [0.3, 0.4) is 0 Å². The van der Waals surface area contributed by atoms with Crippen LogP contribution >= 0.6 is 11.6 Å². The second kappa shape index (κ2) is 9.37. The maximum atomic E-state index is 6.28. The highest BCUT2D eigenvalue weighted by Crippen LogP contribution is 2.16. The van der Waals surface area contributed by atoms with Crippen molar-refractivity contribution in [3.8, 4) is 0 Å². The first-order chi connectivity index (χ1) is 13.2. The quantitative estimate of drug-likeness (QED) is 0.385. The second-order valence-corrected chi connectivity index (χ2v) is 6.74. The molecule has 3 rings (SSSR count). The lowest BCUT2D eigenvalue weighted by Gasteiger charge is -2.22. The van der Waals surface area contributed by atoms with Gasteiger partial charge in [-0.1, -0.05) is 35.9 Å². The van der Waals surface area contributed by atoms with Gasteiger partial charge in [-0.3, -0.25) is 9.39 Å². The van der Waals surface area contributed by atoms with E-state index in [4.69, 9.17) is 16.6 Å². The molecule has 0 spiro atoms. The highest BCUT2D eigenvalue weighted by Gasteiger charge is 2.09. The minimum absolute atomic E-state index is 0.709. The zero-order valence-electron chi connectivity index (χ0n) is 15.8. The van der Waals surface area contributed by atoms with E-state index in [0.29, 0.717) is 6.54 Å². The average Bonchev–Trinajstić information content (AvgIpc) is 3.09. The fourth-order valence-corrected chi connectivity index (χ4v) is 3.11. The van der Waals surface area contributed by atoms with Gasteiger partial charge < -0.3 is 10.2 Å². The molecule has 0 bridgehead atoms. The van der Waals surface area contributed by atoms with Crippen molar-refractivity contribution < 1.29 is 0 Å². The summed E-state index contributed by atoms with van der Waals surface area (Å²) in [7, 11) is 2.02. The molecule has 0 aliphatic heterocycles. The van der Waals surface area contributed by atoms with E-state index in [1.165, 1.54) is 0 Å². The van der Waals surface area contributed by atoms with Gasteiger partial charge in [-0.05, 0) is 37.1 Å². The summed E-state index contributed by atoms with van der Waals surface area (Å²) in [5.41, 5.74) is 1.96. The average molecular weight is 385 g/mol. The topological polar surface area (TPSA) is 57.8 Å². The summed E-state index contributed by atoms with van der Waals surface area (Å²) in [6.45, 7) is 4.32. The first-order valence-corrected chi connectivity index (χ1v) is 9.58. The molecule has 27 heavy (non-hydrogen) atoms. The van der Waals surface area contributed by atoms with Gasteiger partial charge in [0.15, 0.2) is 11.6 Å². The molecule has 0 fully saturated rings. The van der Waals surface area contributed by atoms with Crippen molar-refractivity contribution in [3.05, 3.63) is 65.1 Å². The van der Waals surface area contributed by atoms with Gasteiger partial charge in [-0.2, -0.15) is 0 Å². The molecule has 0 aliphatic carbocycles. The van der Waals surface area contributed by atoms with E-state index >= 15 is 0 Å². The predicted octanol–water partition coefficient (Wildman–Crippen LogP) is 3.41. The number of fused-ring (bicyclic) bond motifs is 1. The number of nitrogens with one attached hydrogen (secondary N) is 1. The molecule has 0 saturated carbocycles. The standard InChI is InChI=1S/C20H25ClN6/c1-3-22-20(26(2)15-16-9-4-5-10-17(16)21)23-13-8-12-19-25-24-18-11-6-7-14-27(18)19/h4-7,9-11,14H,3,8,12-13,15H2,1-2H3,(H,22,23). The maximum Gasteiger partial charge on any atom is 0.193 e. The number of aryl methyl sites for hydroxylation is 1. The van der Waals surface area contributed by atoms with Crippen molar-refractivity contribution in [3.63, 3.8) is 0 Å². The van der Waals surface area contributed by atoms with Crippen LogP contribution in [-0.4, -0.2) is 45.6 Å². The van der Waals surface area contributed by atoms with Crippen LogP contribution in [0.1, 0.15) is 24.7 Å². The number of rotatable bonds is 7. The number of nitrogens with zero attached hydrogens (tertiary/aromatic N) is 5. The Morgan fingerprint density at radius 3 is 2.81 bits per heavy atom. The van der Waals surface area contributed by atoms with E-state index in [-0.39, 0.29) is 0 Å². The summed E-state index contributed by atoms with van der Waals surface area (Å²) in [4.78, 5) is 6.84. The second-order valence-electron chi connectivity index (χ2n) is 6.33. The fourth-order valence-electron chi connectivity index (χ4n) is 2.91. The summed E-state index contributed by atoms with van der Waals surface area (Å²) in [6, 6.07) is 13.8. The van der Waals surface area contributed by atoms with Crippen LogP contribution in [-0.2, 0) is 13.0 Å². The smallest absolute Gasteiger partial charge is 0.193 e. The van der Waals surface area contributed by atoms with Gasteiger partial charge in [0, 0.05) is 44.3 Å². The number of pyridine rings is 1. The Bertz CT molecular complexity index is 904. The van der Waals surface area contributed by atoms with Gasteiger partial charge in [0.05, 0.1) is 0 Å². The lowest BCUT2D eigenvalue weighted by atomic mass is 10.2. The van der Waals surface area contributed by atoms with Crippen molar-refractivity contribution in [1.29, 1.82) is 0 Å². The van der Waals surface area contributed by atoms with Gasteiger partial charge >= 0.3 is 0 Å². The van der Waals surface area contributed by atoms with E-state index in [1.54, 1.807) is 0 Å². The Balaban J connectivity index is 1.59. The summed E-state index contributed by atoms with van der Waals surface area (Å²) >= 11 is 6.28. The molecule has 2 heterocycles. The molecular formula is C20H25ClN6. The predicted molar refractivity (Wildman–Crippen MR) is 110 cm³/mol. The normalized spacial score (nSPS) is 11.7. The summed E-state index contributed by atoms with van der Waals surface area (Å²) < 4.78 is 2.03. The molecule has 6 nitrogen and oxygen atoms in total. The summed E-state index contributed by atoms with van der Waals surface area (Å²) in [5.74, 6) is 1.85. The molecule has 2 aromatic heterocycles. The molecule has 0 saturated heterocycles. The minimum Gasteiger partial charge on any atom is -0.357 e. The maximum absolute atomic E-state index is 6.28. The van der Waals surface area contributed by atoms with E-state index < -0.39 is 0 Å². The van der Waals surface area contributed by atoms with Crippen LogP contribution in [0.5, 0.6) is 0 Å². The van der Waals surface area contributed by atoms with Crippen LogP contribution in [0, 0.1) is 0 Å². The molecule has 3 aromatic rings. The lowest BCUT2D eigenvalue weighted by Crippen LogP contribution is -2.38. The number of aliphatic imine (C=N–C) groups is 1. The monoisotopic (exact) mass is 384 g/mol. The zero-order chi connectivity index (χ0) is 19.1. The molecule has 7 heteroatoms. The van der Waals surface area contributed by atoms with E-state index in [0.717, 1.165) is 53.9 Å². The number of hydrogen-bond acceptors (Lipinski definition) is 3. The molecule has 0 atom stereocenters. The Kier molecular flexibility index (Phi) is 6.65. The van der Waals surface area contributed by atoms with E-state index in [1.807, 2.05) is 60.1 Å². The number of guanidine groups is 1. The third-order valence-corrected chi connectivity index (χ3v) is 4.63. The first kappa shape index (κ1) is 19.2. The Hall–Kier alpha value is -2.60. The molecule has 0 unspecified atom stereocenters. The van der Waals surface area contributed by atoms with Crippen LogP contribution < -0.4 is 5.32 Å². The molecule has 1 N–H and O–H groups in total. The summed E-state index contributed by atoms with van der Waals surface area (Å²) in [6.07, 6.45) is 3.74. The van der Waals surface area contributed by atoms with Crippen molar-refractivity contribution >= 4 is 23.2 Å². The van der Waals surface area contributed by atoms with Crippen LogP contribution in [0.15, 0.2) is 53.7 Å². The SMILES string of the molecule is CCNC(=NCCCc1nnc2ccccn12)N(C)Cc1ccccc1Cl.